The van der Waals surface area contributed by atoms with Gasteiger partial charge in [0.15, 0.2) is 0 Å². The van der Waals surface area contributed by atoms with Crippen LogP contribution in [0.2, 0.25) is 0 Å². The summed E-state index contributed by atoms with van der Waals surface area (Å²) < 4.78 is 48.7. The first-order chi connectivity index (χ1) is 36.7. The molecule has 5 aliphatic rings. The van der Waals surface area contributed by atoms with E-state index in [2.05, 4.69) is 52.8 Å². The normalized spacial score (nSPS) is 21.4. The molecule has 79 heavy (non-hydrogen) atoms. The Bertz CT molecular complexity index is 3160. The van der Waals surface area contributed by atoms with Crippen LogP contribution in [0.3, 0.4) is 0 Å². The van der Waals surface area contributed by atoms with Crippen molar-refractivity contribution in [1.82, 2.24) is 4.90 Å². The van der Waals surface area contributed by atoms with Gasteiger partial charge in [-0.1, -0.05) is 110 Å². The van der Waals surface area contributed by atoms with E-state index in [1.54, 1.807) is 0 Å². The Hall–Kier alpha value is -3.60. The van der Waals surface area contributed by atoms with E-state index in [1.807, 2.05) is 103 Å². The van der Waals surface area contributed by atoms with E-state index in [9.17, 15) is 5.02 Å². The molecular weight excluding hydrogens is 994 g/mol. The van der Waals surface area contributed by atoms with Gasteiger partial charge >= 0.3 is 28.5 Å². The summed E-state index contributed by atoms with van der Waals surface area (Å²) in [6.07, 6.45) is 9.27. The van der Waals surface area contributed by atoms with Crippen LogP contribution in [0.5, 0.6) is 0 Å². The quantitative estimate of drug-likeness (QED) is 0.0237. The zero-order chi connectivity index (χ0) is 57.5. The molecule has 5 aromatic carbocycles. The average molecular weight is 1080 g/mol. The lowest BCUT2D eigenvalue weighted by Crippen LogP contribution is -2.55. The van der Waals surface area contributed by atoms with E-state index in [0.717, 1.165) is 100 Å². The molecule has 0 bridgehead atoms. The van der Waals surface area contributed by atoms with Gasteiger partial charge in [-0.2, -0.15) is 0 Å². The van der Waals surface area contributed by atoms with Gasteiger partial charge in [-0.05, 0) is 186 Å². The molecule has 10 rings (SSSR count). The van der Waals surface area contributed by atoms with Crippen molar-refractivity contribution in [3.05, 3.63) is 46.5 Å². The maximum absolute atomic E-state index is 16.4. The molecule has 1 N–H and O–H groups in total. The van der Waals surface area contributed by atoms with E-state index >= 15 is 9.59 Å². The number of unbranched alkanes of at least 4 members (excludes halogenated alkanes) is 6. The molecule has 3 saturated heterocycles. The van der Waals surface area contributed by atoms with E-state index < -0.39 is 91.0 Å². The van der Waals surface area contributed by atoms with Gasteiger partial charge in [-0.25, -0.2) is 9.78 Å². The van der Waals surface area contributed by atoms with Crippen LogP contribution in [-0.2, 0) is 55.6 Å². The molecule has 3 fully saturated rings. The van der Waals surface area contributed by atoms with E-state index in [1.165, 1.54) is 4.90 Å². The second-order valence-corrected chi connectivity index (χ2v) is 28.1. The number of rotatable bonds is 17. The summed E-state index contributed by atoms with van der Waals surface area (Å²) in [5.74, 6) is -0.836. The van der Waals surface area contributed by atoms with Crippen molar-refractivity contribution in [2.45, 2.75) is 254 Å². The van der Waals surface area contributed by atoms with Crippen molar-refractivity contribution in [3.63, 3.8) is 0 Å². The maximum atomic E-state index is 16.4. The Kier molecular flexibility index (Phi) is 14.9. The van der Waals surface area contributed by atoms with Crippen LogP contribution in [0.15, 0.2) is 24.3 Å². The molecule has 17 heteroatoms. The Morgan fingerprint density at radius 1 is 0.532 bits per heavy atom. The standard InChI is InChI=1S/C62H87B4NO12/c1-20-22-24-26-28-36(29-27-25-23-21-2)67-53(68)50-45(63(70)73-56(6,7)55(3,4)5)32-39-37-30-43(64-74-57(8,9)58(10,11)75-64)41-34-71-72-35-42-44(65-76-59(12,13)60(14,15)77-65)31-38(47(37)49(41)42)40-33-46(51(54(67)69)52(50)48(39)40)66-78-61(16,17)62(18,19)79-66/h30-33,36,70H,20-29,34-35H2,1-19H3. The lowest BCUT2D eigenvalue weighted by atomic mass is 9.64. The number of benzene rings is 5. The van der Waals surface area contributed by atoms with Gasteiger partial charge in [0.1, 0.15) is 13.2 Å². The first kappa shape index (κ1) is 58.6. The summed E-state index contributed by atoms with van der Waals surface area (Å²) in [5, 5.41) is 19.0. The summed E-state index contributed by atoms with van der Waals surface area (Å²) in [5.41, 5.74) is -1.17. The number of carbonyl (C=O) groups is 2. The summed E-state index contributed by atoms with van der Waals surface area (Å²) in [7, 11) is -4.27. The number of fused-ring (bicyclic) bond motifs is 2. The lowest BCUT2D eigenvalue weighted by molar-refractivity contribution is -0.310. The van der Waals surface area contributed by atoms with Crippen LogP contribution in [0.25, 0.3) is 43.1 Å². The highest BCUT2D eigenvalue weighted by atomic mass is 17.2. The fourth-order valence-corrected chi connectivity index (χ4v) is 12.2. The molecule has 5 aromatic rings. The number of carbonyl (C=O) groups excluding carboxylic acids is 2. The minimum Gasteiger partial charge on any atom is -0.423 e. The molecule has 0 saturated carbocycles. The van der Waals surface area contributed by atoms with E-state index in [4.69, 9.17) is 42.4 Å². The molecule has 2 amide bonds. The number of imide groups is 1. The zero-order valence-electron chi connectivity index (χ0n) is 51.1. The summed E-state index contributed by atoms with van der Waals surface area (Å²) in [6.45, 7) is 39.0. The van der Waals surface area contributed by atoms with Crippen LogP contribution < -0.4 is 21.9 Å². The number of amides is 2. The zero-order valence-corrected chi connectivity index (χ0v) is 51.1. The van der Waals surface area contributed by atoms with E-state index in [-0.39, 0.29) is 24.2 Å². The minimum atomic E-state index is -1.60. The maximum Gasteiger partial charge on any atom is 0.495 e. The monoisotopic (exact) mass is 1080 g/mol. The molecular formula is C62H87B4NO12. The van der Waals surface area contributed by atoms with Crippen LogP contribution in [0, 0.1) is 5.41 Å². The summed E-state index contributed by atoms with van der Waals surface area (Å²) in [6, 6.07) is 7.89. The number of hydrogen-bond donors (Lipinski definition) is 1. The lowest BCUT2D eigenvalue weighted by Gasteiger charge is -2.41. The van der Waals surface area contributed by atoms with Gasteiger partial charge in [0.25, 0.3) is 11.8 Å². The molecule has 5 heterocycles. The van der Waals surface area contributed by atoms with Crippen molar-refractivity contribution >= 4 is 105 Å². The highest BCUT2D eigenvalue weighted by molar-refractivity contribution is 6.69. The predicted octanol–water partition coefficient (Wildman–Crippen LogP) is 11.0. The van der Waals surface area contributed by atoms with Crippen molar-refractivity contribution in [2.75, 3.05) is 0 Å². The van der Waals surface area contributed by atoms with Crippen LogP contribution in [-0.4, -0.2) is 95.5 Å². The Morgan fingerprint density at radius 2 is 0.899 bits per heavy atom. The van der Waals surface area contributed by atoms with Gasteiger partial charge in [0.2, 0.25) is 0 Å². The third-order valence-electron chi connectivity index (χ3n) is 20.2. The molecule has 5 aliphatic heterocycles. The highest BCUT2D eigenvalue weighted by Crippen LogP contribution is 2.49. The van der Waals surface area contributed by atoms with Gasteiger partial charge in [0.05, 0.1) is 39.2 Å². The van der Waals surface area contributed by atoms with Crippen molar-refractivity contribution in [1.29, 1.82) is 0 Å². The fourth-order valence-electron chi connectivity index (χ4n) is 12.2. The smallest absolute Gasteiger partial charge is 0.423 e. The van der Waals surface area contributed by atoms with E-state index in [0.29, 0.717) is 40.0 Å². The third kappa shape index (κ3) is 9.52. The second kappa shape index (κ2) is 20.0. The second-order valence-electron chi connectivity index (χ2n) is 28.1. The SMILES string of the molecule is CCCCCCC(CCCCCC)N1C(=O)c2c(B(O)OC(C)(C)C(C)(C)C)cc3c4cc(B5OC(C)(C)C(C)(C)O5)c5c6c(c(B7OC(C)(C)C(C)(C)O7)cc(c7cc(B8OC(C)(C)C(C)(C)O8)c(c2c37)C1=O)c64)COOC5. The average Bonchev–Trinajstić information content (AvgIpc) is 3.75. The molecule has 0 spiro atoms. The third-order valence-corrected chi connectivity index (χ3v) is 20.2. The molecule has 0 aliphatic carbocycles. The molecule has 0 aromatic heterocycles. The van der Waals surface area contributed by atoms with Crippen LogP contribution in [0.1, 0.15) is 228 Å². The van der Waals surface area contributed by atoms with Crippen molar-refractivity contribution in [2.24, 2.45) is 5.41 Å². The molecule has 0 radical (unpaired) electrons. The Labute approximate surface area is 471 Å². The first-order valence-electron chi connectivity index (χ1n) is 29.6. The largest absolute Gasteiger partial charge is 0.495 e. The fraction of sp³-hybridized carbons (Fsp3) is 0.645. The molecule has 13 nitrogen and oxygen atoms in total. The highest BCUT2D eigenvalue weighted by Gasteiger charge is 2.57. The Balaban J connectivity index is 1.38. The van der Waals surface area contributed by atoms with Gasteiger partial charge in [-0.15, -0.1) is 0 Å². The molecule has 424 valence electrons. The predicted molar refractivity (Wildman–Crippen MR) is 318 cm³/mol. The van der Waals surface area contributed by atoms with Gasteiger partial charge in [0, 0.05) is 22.6 Å². The van der Waals surface area contributed by atoms with Gasteiger partial charge in [-0.3, -0.25) is 14.5 Å². The molecule has 0 unspecified atom stereocenters. The summed E-state index contributed by atoms with van der Waals surface area (Å²) >= 11 is 0. The van der Waals surface area contributed by atoms with Crippen LogP contribution in [0.4, 0.5) is 0 Å². The number of hydrogen-bond acceptors (Lipinski definition) is 12. The number of nitrogens with zero attached hydrogens (tertiary/aromatic N) is 1. The molecule has 0 atom stereocenters. The summed E-state index contributed by atoms with van der Waals surface area (Å²) in [4.78, 5) is 46.5. The van der Waals surface area contributed by atoms with Crippen LogP contribution >= 0.6 is 0 Å². The van der Waals surface area contributed by atoms with Gasteiger partial charge < -0.3 is 37.6 Å². The topological polar surface area (TPSA) is 141 Å². The first-order valence-corrected chi connectivity index (χ1v) is 29.6. The minimum absolute atomic E-state index is 0.0747. The van der Waals surface area contributed by atoms with Crippen molar-refractivity contribution in [3.8, 4) is 0 Å². The van der Waals surface area contributed by atoms with Crippen molar-refractivity contribution < 1.29 is 57.0 Å². The Morgan fingerprint density at radius 3 is 1.30 bits per heavy atom.